The van der Waals surface area contributed by atoms with Crippen molar-refractivity contribution in [2.45, 2.75) is 52.5 Å². The van der Waals surface area contributed by atoms with E-state index in [1.165, 1.54) is 11.3 Å². The SMILES string of the molecule is CCCCN(CCCC)C(=S)OCCCn1c(=O)sc2ccccc21. The lowest BCUT2D eigenvalue weighted by atomic mass is 10.3. The number of nitrogens with zero attached hydrogens (tertiary/aromatic N) is 2. The molecule has 0 aliphatic carbocycles. The van der Waals surface area contributed by atoms with Crippen LogP contribution < -0.4 is 4.87 Å². The number of rotatable bonds is 10. The van der Waals surface area contributed by atoms with Gasteiger partial charge in [-0.1, -0.05) is 50.2 Å². The molecule has 138 valence electrons. The van der Waals surface area contributed by atoms with E-state index in [0.29, 0.717) is 18.3 Å². The molecule has 0 N–H and O–H groups in total. The van der Waals surface area contributed by atoms with Crippen molar-refractivity contribution in [3.05, 3.63) is 33.9 Å². The van der Waals surface area contributed by atoms with Crippen LogP contribution >= 0.6 is 23.6 Å². The van der Waals surface area contributed by atoms with Gasteiger partial charge in [0, 0.05) is 19.6 Å². The Morgan fingerprint density at radius 3 is 2.52 bits per heavy atom. The molecule has 0 spiro atoms. The topological polar surface area (TPSA) is 34.5 Å². The molecule has 25 heavy (non-hydrogen) atoms. The van der Waals surface area contributed by atoms with E-state index >= 15 is 0 Å². The number of ether oxygens (including phenoxy) is 1. The van der Waals surface area contributed by atoms with Gasteiger partial charge in [0.15, 0.2) is 0 Å². The summed E-state index contributed by atoms with van der Waals surface area (Å²) in [6.07, 6.45) is 5.34. The summed E-state index contributed by atoms with van der Waals surface area (Å²) in [7, 11) is 0. The zero-order chi connectivity index (χ0) is 18.1. The molecule has 0 radical (unpaired) electrons. The highest BCUT2D eigenvalue weighted by Crippen LogP contribution is 2.16. The van der Waals surface area contributed by atoms with E-state index in [1.54, 1.807) is 0 Å². The fraction of sp³-hybridized carbons (Fsp3) is 0.579. The van der Waals surface area contributed by atoms with Crippen molar-refractivity contribution < 1.29 is 4.74 Å². The number of para-hydroxylation sites is 1. The lowest BCUT2D eigenvalue weighted by molar-refractivity contribution is 0.230. The van der Waals surface area contributed by atoms with Crippen molar-refractivity contribution in [1.82, 2.24) is 9.47 Å². The monoisotopic (exact) mass is 380 g/mol. The molecule has 0 amide bonds. The fourth-order valence-corrected chi connectivity index (χ4v) is 3.87. The Morgan fingerprint density at radius 1 is 1.16 bits per heavy atom. The molecule has 0 aliphatic heterocycles. The first-order valence-corrected chi connectivity index (χ1v) is 10.4. The molecule has 0 aliphatic rings. The predicted octanol–water partition coefficient (Wildman–Crippen LogP) is 4.66. The number of hydrogen-bond acceptors (Lipinski definition) is 4. The Bertz CT molecular complexity index is 716. The molecule has 6 heteroatoms. The van der Waals surface area contributed by atoms with E-state index in [9.17, 15) is 4.79 Å². The molecule has 2 aromatic rings. The summed E-state index contributed by atoms with van der Waals surface area (Å²) in [5.41, 5.74) is 1.01. The molecule has 0 unspecified atom stereocenters. The number of unbranched alkanes of at least 4 members (excludes halogenated alkanes) is 2. The van der Waals surface area contributed by atoms with E-state index < -0.39 is 0 Å². The Hall–Kier alpha value is -1.40. The lowest BCUT2D eigenvalue weighted by Crippen LogP contribution is -2.33. The van der Waals surface area contributed by atoms with E-state index in [2.05, 4.69) is 18.7 Å². The Balaban J connectivity index is 1.83. The largest absolute Gasteiger partial charge is 0.471 e. The second kappa shape index (κ2) is 10.6. The molecule has 2 rings (SSSR count). The third-order valence-electron chi connectivity index (χ3n) is 4.15. The summed E-state index contributed by atoms with van der Waals surface area (Å²) in [4.78, 5) is 14.4. The third-order valence-corrected chi connectivity index (χ3v) is 5.48. The van der Waals surface area contributed by atoms with Crippen molar-refractivity contribution in [2.75, 3.05) is 19.7 Å². The van der Waals surface area contributed by atoms with Crippen LogP contribution in [-0.2, 0) is 11.3 Å². The van der Waals surface area contributed by atoms with Crippen molar-refractivity contribution in [2.24, 2.45) is 0 Å². The first-order valence-electron chi connectivity index (χ1n) is 9.17. The molecule has 0 fully saturated rings. The summed E-state index contributed by atoms with van der Waals surface area (Å²) >= 11 is 6.75. The van der Waals surface area contributed by atoms with Gasteiger partial charge in [-0.15, -0.1) is 0 Å². The summed E-state index contributed by atoms with van der Waals surface area (Å²) in [5, 5.41) is 0.601. The van der Waals surface area contributed by atoms with E-state index in [0.717, 1.165) is 55.4 Å². The Kier molecular flexibility index (Phi) is 8.41. The van der Waals surface area contributed by atoms with Gasteiger partial charge < -0.3 is 9.64 Å². The van der Waals surface area contributed by atoms with Gasteiger partial charge in [-0.25, -0.2) is 0 Å². The van der Waals surface area contributed by atoms with Crippen LogP contribution in [0.25, 0.3) is 10.2 Å². The Labute approximate surface area is 159 Å². The Morgan fingerprint density at radius 2 is 1.84 bits per heavy atom. The maximum Gasteiger partial charge on any atom is 0.308 e. The second-order valence-electron chi connectivity index (χ2n) is 6.15. The molecule has 4 nitrogen and oxygen atoms in total. The number of aromatic nitrogens is 1. The van der Waals surface area contributed by atoms with Crippen LogP contribution in [0, 0.1) is 0 Å². The van der Waals surface area contributed by atoms with E-state index in [-0.39, 0.29) is 4.87 Å². The fourth-order valence-electron chi connectivity index (χ4n) is 2.69. The van der Waals surface area contributed by atoms with E-state index in [1.807, 2.05) is 28.8 Å². The normalized spacial score (nSPS) is 11.0. The third kappa shape index (κ3) is 5.82. The molecule has 0 bridgehead atoms. The van der Waals surface area contributed by atoms with Crippen LogP contribution in [0.5, 0.6) is 0 Å². The predicted molar refractivity (Wildman–Crippen MR) is 111 cm³/mol. The quantitative estimate of drug-likeness (QED) is 0.444. The van der Waals surface area contributed by atoms with Gasteiger partial charge in [-0.05, 0) is 43.6 Å². The number of thiocarbonyl (C=S) groups is 1. The molecule has 0 saturated carbocycles. The molecule has 1 aromatic carbocycles. The number of benzene rings is 1. The maximum atomic E-state index is 12.1. The highest BCUT2D eigenvalue weighted by atomic mass is 32.1. The van der Waals surface area contributed by atoms with Crippen LogP contribution in [-0.4, -0.2) is 34.3 Å². The number of hydrogen-bond donors (Lipinski definition) is 0. The second-order valence-corrected chi connectivity index (χ2v) is 7.49. The minimum atomic E-state index is 0.0938. The smallest absolute Gasteiger partial charge is 0.308 e. The van der Waals surface area contributed by atoms with Gasteiger partial charge in [-0.3, -0.25) is 9.36 Å². The van der Waals surface area contributed by atoms with Crippen molar-refractivity contribution in [1.29, 1.82) is 0 Å². The summed E-state index contributed by atoms with van der Waals surface area (Å²) < 4.78 is 8.66. The van der Waals surface area contributed by atoms with Crippen LogP contribution in [0.3, 0.4) is 0 Å². The first-order chi connectivity index (χ1) is 12.2. The highest BCUT2D eigenvalue weighted by molar-refractivity contribution is 7.80. The van der Waals surface area contributed by atoms with Gasteiger partial charge in [0.05, 0.1) is 16.8 Å². The lowest BCUT2D eigenvalue weighted by Gasteiger charge is -2.24. The molecular weight excluding hydrogens is 352 g/mol. The number of fused-ring (bicyclic) bond motifs is 1. The highest BCUT2D eigenvalue weighted by Gasteiger charge is 2.10. The molecule has 1 aromatic heterocycles. The van der Waals surface area contributed by atoms with Gasteiger partial charge in [0.2, 0.25) is 0 Å². The number of thiazole rings is 1. The summed E-state index contributed by atoms with van der Waals surface area (Å²) in [5.74, 6) is 0. The standard InChI is InChI=1S/C19H28N2O2S2/c1-3-5-12-20(13-6-4-2)19(24)23-15-9-14-21-16-10-7-8-11-17(16)25-18(21)22/h7-8,10-11H,3-6,9,12-15H2,1-2H3. The van der Waals surface area contributed by atoms with Crippen molar-refractivity contribution in [3.8, 4) is 0 Å². The average molecular weight is 381 g/mol. The van der Waals surface area contributed by atoms with Crippen LogP contribution in [0.15, 0.2) is 29.1 Å². The molecule has 0 saturated heterocycles. The van der Waals surface area contributed by atoms with Crippen molar-refractivity contribution in [3.63, 3.8) is 0 Å². The van der Waals surface area contributed by atoms with Crippen LogP contribution in [0.2, 0.25) is 0 Å². The van der Waals surface area contributed by atoms with Crippen molar-refractivity contribution >= 4 is 38.9 Å². The zero-order valence-corrected chi connectivity index (χ0v) is 16.8. The zero-order valence-electron chi connectivity index (χ0n) is 15.2. The van der Waals surface area contributed by atoms with Gasteiger partial charge in [0.1, 0.15) is 0 Å². The maximum absolute atomic E-state index is 12.1. The summed E-state index contributed by atoms with van der Waals surface area (Å²) in [6, 6.07) is 7.92. The van der Waals surface area contributed by atoms with Crippen LogP contribution in [0.1, 0.15) is 46.0 Å². The minimum absolute atomic E-state index is 0.0938. The van der Waals surface area contributed by atoms with Crippen LogP contribution in [0.4, 0.5) is 0 Å². The average Bonchev–Trinajstić information content (AvgIpc) is 2.94. The summed E-state index contributed by atoms with van der Waals surface area (Å²) in [6.45, 7) is 7.50. The minimum Gasteiger partial charge on any atom is -0.471 e. The molecule has 0 atom stereocenters. The molecule has 1 heterocycles. The van der Waals surface area contributed by atoms with Gasteiger partial charge >= 0.3 is 4.87 Å². The van der Waals surface area contributed by atoms with Gasteiger partial charge in [-0.2, -0.15) is 0 Å². The molecular formula is C19H28N2O2S2. The first kappa shape index (κ1) is 19.9. The number of aryl methyl sites for hydroxylation is 1. The van der Waals surface area contributed by atoms with E-state index in [4.69, 9.17) is 17.0 Å². The van der Waals surface area contributed by atoms with Gasteiger partial charge in [0.25, 0.3) is 5.17 Å².